The molecule has 1 N–H and O–H groups in total. The van der Waals surface area contributed by atoms with Crippen molar-refractivity contribution in [3.63, 3.8) is 0 Å². The Kier molecular flexibility index (Phi) is 5.55. The van der Waals surface area contributed by atoms with Crippen LogP contribution in [0, 0.1) is 0 Å². The number of aryl methyl sites for hydroxylation is 1. The van der Waals surface area contributed by atoms with E-state index in [2.05, 4.69) is 28.4 Å². The van der Waals surface area contributed by atoms with E-state index in [1.54, 1.807) is 0 Å². The van der Waals surface area contributed by atoms with E-state index < -0.39 is 0 Å². The lowest BCUT2D eigenvalue weighted by molar-refractivity contribution is 0.285. The van der Waals surface area contributed by atoms with Crippen molar-refractivity contribution in [2.45, 2.75) is 39.8 Å². The van der Waals surface area contributed by atoms with Gasteiger partial charge < -0.3 is 14.6 Å². The molecular weight excluding hydrogens is 254 g/mol. The number of nitrogens with zero attached hydrogens (tertiary/aromatic N) is 2. The predicted octanol–water partition coefficient (Wildman–Crippen LogP) is 2.71. The van der Waals surface area contributed by atoms with E-state index in [9.17, 15) is 0 Å². The number of aromatic nitrogens is 2. The molecule has 0 aliphatic rings. The average molecular weight is 275 g/mol. The molecule has 0 spiro atoms. The van der Waals surface area contributed by atoms with Crippen LogP contribution >= 0.6 is 0 Å². The van der Waals surface area contributed by atoms with Gasteiger partial charge in [0.15, 0.2) is 6.61 Å². The second-order valence-corrected chi connectivity index (χ2v) is 4.57. The van der Waals surface area contributed by atoms with Crippen molar-refractivity contribution in [2.24, 2.45) is 0 Å². The zero-order valence-electron chi connectivity index (χ0n) is 12.1. The van der Waals surface area contributed by atoms with Gasteiger partial charge >= 0.3 is 0 Å². The van der Waals surface area contributed by atoms with Gasteiger partial charge in [-0.2, -0.15) is 4.98 Å². The summed E-state index contributed by atoms with van der Waals surface area (Å²) in [6, 6.07) is 8.04. The smallest absolute Gasteiger partial charge is 0.226 e. The van der Waals surface area contributed by atoms with Crippen molar-refractivity contribution in [1.29, 1.82) is 0 Å². The fourth-order valence-electron chi connectivity index (χ4n) is 1.79. The van der Waals surface area contributed by atoms with Crippen LogP contribution in [0.15, 0.2) is 28.8 Å². The molecule has 1 aromatic carbocycles. The molecule has 1 aromatic heterocycles. The number of hydrogen-bond donors (Lipinski definition) is 1. The molecule has 1 heterocycles. The lowest BCUT2D eigenvalue weighted by Gasteiger charge is -2.07. The molecule has 0 aliphatic carbocycles. The molecule has 0 bridgehead atoms. The van der Waals surface area contributed by atoms with E-state index in [1.807, 2.05) is 25.1 Å². The number of benzene rings is 1. The Bertz CT molecular complexity index is 525. The zero-order chi connectivity index (χ0) is 14.2. The number of hydrogen-bond acceptors (Lipinski definition) is 5. The molecule has 0 saturated carbocycles. The van der Waals surface area contributed by atoms with Crippen LogP contribution in [0.25, 0.3) is 0 Å². The maximum atomic E-state index is 5.68. The Morgan fingerprint density at radius 2 is 2.20 bits per heavy atom. The summed E-state index contributed by atoms with van der Waals surface area (Å²) in [7, 11) is 0. The molecule has 0 amide bonds. The van der Waals surface area contributed by atoms with Gasteiger partial charge in [0, 0.05) is 13.0 Å². The van der Waals surface area contributed by atoms with Gasteiger partial charge in [-0.3, -0.25) is 0 Å². The van der Waals surface area contributed by atoms with Gasteiger partial charge in [-0.1, -0.05) is 31.1 Å². The third kappa shape index (κ3) is 4.35. The summed E-state index contributed by atoms with van der Waals surface area (Å²) >= 11 is 0. The quantitative estimate of drug-likeness (QED) is 0.751. The molecule has 20 heavy (non-hydrogen) atoms. The summed E-state index contributed by atoms with van der Waals surface area (Å²) in [6.07, 6.45) is 1.87. The number of ether oxygens (including phenoxy) is 1. The van der Waals surface area contributed by atoms with Gasteiger partial charge in [0.1, 0.15) is 5.75 Å². The predicted molar refractivity (Wildman–Crippen MR) is 76.4 cm³/mol. The molecule has 108 valence electrons. The SMILES string of the molecule is CCCNCc1cccc(OCc2noc(CC)n2)c1. The first-order valence-electron chi connectivity index (χ1n) is 7.05. The van der Waals surface area contributed by atoms with Crippen molar-refractivity contribution in [3.8, 4) is 5.75 Å². The van der Waals surface area contributed by atoms with Crippen molar-refractivity contribution < 1.29 is 9.26 Å². The van der Waals surface area contributed by atoms with E-state index in [4.69, 9.17) is 9.26 Å². The van der Waals surface area contributed by atoms with Crippen LogP contribution in [0.4, 0.5) is 0 Å². The van der Waals surface area contributed by atoms with Gasteiger partial charge in [0.05, 0.1) is 0 Å². The molecular formula is C15H21N3O2. The Labute approximate surface area is 119 Å². The molecule has 2 rings (SSSR count). The summed E-state index contributed by atoms with van der Waals surface area (Å²) in [5.41, 5.74) is 1.21. The Morgan fingerprint density at radius 3 is 2.95 bits per heavy atom. The van der Waals surface area contributed by atoms with Crippen molar-refractivity contribution in [1.82, 2.24) is 15.5 Å². The van der Waals surface area contributed by atoms with E-state index in [0.29, 0.717) is 18.3 Å². The van der Waals surface area contributed by atoms with Crippen LogP contribution in [0.3, 0.4) is 0 Å². The second-order valence-electron chi connectivity index (χ2n) is 4.57. The van der Waals surface area contributed by atoms with Crippen LogP contribution in [0.1, 0.15) is 37.5 Å². The fourth-order valence-corrected chi connectivity index (χ4v) is 1.79. The topological polar surface area (TPSA) is 60.2 Å². The minimum absolute atomic E-state index is 0.329. The molecule has 0 radical (unpaired) electrons. The molecule has 0 unspecified atom stereocenters. The minimum atomic E-state index is 0.329. The fraction of sp³-hybridized carbons (Fsp3) is 0.467. The lowest BCUT2D eigenvalue weighted by atomic mass is 10.2. The highest BCUT2D eigenvalue weighted by atomic mass is 16.5. The lowest BCUT2D eigenvalue weighted by Crippen LogP contribution is -2.13. The Balaban J connectivity index is 1.87. The molecule has 5 heteroatoms. The highest BCUT2D eigenvalue weighted by Crippen LogP contribution is 2.14. The highest BCUT2D eigenvalue weighted by molar-refractivity contribution is 5.28. The molecule has 5 nitrogen and oxygen atoms in total. The van der Waals surface area contributed by atoms with Crippen LogP contribution in [0.2, 0.25) is 0 Å². The summed E-state index contributed by atoms with van der Waals surface area (Å²) in [5.74, 6) is 2.04. The summed E-state index contributed by atoms with van der Waals surface area (Å²) in [6.45, 7) is 6.34. The molecule has 0 saturated heterocycles. The highest BCUT2D eigenvalue weighted by Gasteiger charge is 2.05. The second kappa shape index (κ2) is 7.65. The van der Waals surface area contributed by atoms with E-state index >= 15 is 0 Å². The molecule has 2 aromatic rings. The molecule has 0 atom stereocenters. The Morgan fingerprint density at radius 1 is 1.30 bits per heavy atom. The number of rotatable bonds is 8. The van der Waals surface area contributed by atoms with Crippen molar-refractivity contribution in [3.05, 3.63) is 41.5 Å². The van der Waals surface area contributed by atoms with Crippen LogP contribution in [-0.2, 0) is 19.6 Å². The van der Waals surface area contributed by atoms with Gasteiger partial charge in [0.2, 0.25) is 11.7 Å². The largest absolute Gasteiger partial charge is 0.485 e. The van der Waals surface area contributed by atoms with Crippen LogP contribution in [-0.4, -0.2) is 16.7 Å². The third-order valence-corrected chi connectivity index (χ3v) is 2.83. The average Bonchev–Trinajstić information content (AvgIpc) is 2.94. The van der Waals surface area contributed by atoms with E-state index in [-0.39, 0.29) is 0 Å². The normalized spacial score (nSPS) is 10.7. The maximum Gasteiger partial charge on any atom is 0.226 e. The number of nitrogens with one attached hydrogen (secondary N) is 1. The monoisotopic (exact) mass is 275 g/mol. The van der Waals surface area contributed by atoms with Crippen LogP contribution in [0.5, 0.6) is 5.75 Å². The standard InChI is InChI=1S/C15H21N3O2/c1-3-8-16-10-12-6-5-7-13(9-12)19-11-14-17-15(4-2)20-18-14/h5-7,9,16H,3-4,8,10-11H2,1-2H3. The van der Waals surface area contributed by atoms with Gasteiger partial charge in [0.25, 0.3) is 0 Å². The van der Waals surface area contributed by atoms with Crippen molar-refractivity contribution >= 4 is 0 Å². The first-order valence-corrected chi connectivity index (χ1v) is 7.05. The van der Waals surface area contributed by atoms with Crippen LogP contribution < -0.4 is 10.1 Å². The maximum absolute atomic E-state index is 5.68. The molecule has 0 fully saturated rings. The van der Waals surface area contributed by atoms with E-state index in [0.717, 1.165) is 31.7 Å². The zero-order valence-corrected chi connectivity index (χ0v) is 12.1. The van der Waals surface area contributed by atoms with Gasteiger partial charge in [-0.05, 0) is 30.7 Å². The Hall–Kier alpha value is -1.88. The summed E-state index contributed by atoms with van der Waals surface area (Å²) in [5, 5.41) is 7.23. The first kappa shape index (κ1) is 14.5. The first-order chi connectivity index (χ1) is 9.81. The minimum Gasteiger partial charge on any atom is -0.485 e. The van der Waals surface area contributed by atoms with Gasteiger partial charge in [-0.25, -0.2) is 0 Å². The summed E-state index contributed by atoms with van der Waals surface area (Å²) < 4.78 is 10.7. The van der Waals surface area contributed by atoms with E-state index in [1.165, 1.54) is 5.56 Å². The van der Waals surface area contributed by atoms with Gasteiger partial charge in [-0.15, -0.1) is 0 Å². The van der Waals surface area contributed by atoms with Crippen molar-refractivity contribution in [2.75, 3.05) is 6.54 Å². The summed E-state index contributed by atoms with van der Waals surface area (Å²) in [4.78, 5) is 4.21. The third-order valence-electron chi connectivity index (χ3n) is 2.83. The molecule has 0 aliphatic heterocycles.